The highest BCUT2D eigenvalue weighted by atomic mass is 16.6. The molecule has 4 aromatic rings. The zero-order valence-electron chi connectivity index (χ0n) is 16.8. The Morgan fingerprint density at radius 3 is 2.40 bits per heavy atom. The number of nitro groups is 1. The number of aromatic amines is 1. The summed E-state index contributed by atoms with van der Waals surface area (Å²) in [5, 5.41) is 12.7. The van der Waals surface area contributed by atoms with E-state index >= 15 is 0 Å². The number of aromatic nitrogens is 1. The van der Waals surface area contributed by atoms with E-state index in [0.717, 1.165) is 33.3 Å². The standard InChI is InChI=1S/C24H22N2O4/c1-29-17-12-13-18(22(14-17)30-2)20(15-26(27)28)23-19-10-6-7-11-21(19)25-24(23)16-8-4-3-5-9-16/h3-14,20,25H,15H2,1-2H3/t20-/m0/s1. The molecule has 1 atom stereocenters. The van der Waals surface area contributed by atoms with Crippen LogP contribution in [-0.2, 0) is 0 Å². The second-order valence-corrected chi connectivity index (χ2v) is 7.00. The van der Waals surface area contributed by atoms with Gasteiger partial charge < -0.3 is 14.5 Å². The largest absolute Gasteiger partial charge is 0.497 e. The highest BCUT2D eigenvalue weighted by molar-refractivity contribution is 5.92. The lowest BCUT2D eigenvalue weighted by atomic mass is 9.87. The van der Waals surface area contributed by atoms with Gasteiger partial charge in [0.15, 0.2) is 0 Å². The van der Waals surface area contributed by atoms with Gasteiger partial charge in [-0.1, -0.05) is 54.6 Å². The Morgan fingerprint density at radius 2 is 1.70 bits per heavy atom. The molecule has 3 aromatic carbocycles. The Labute approximate surface area is 174 Å². The molecule has 0 fully saturated rings. The van der Waals surface area contributed by atoms with Gasteiger partial charge in [-0.05, 0) is 23.3 Å². The molecule has 1 heterocycles. The van der Waals surface area contributed by atoms with Crippen LogP contribution in [0, 0.1) is 10.1 Å². The maximum atomic E-state index is 11.7. The number of nitrogens with one attached hydrogen (secondary N) is 1. The van der Waals surface area contributed by atoms with E-state index in [-0.39, 0.29) is 11.5 Å². The molecular weight excluding hydrogens is 380 g/mol. The van der Waals surface area contributed by atoms with Crippen LogP contribution in [0.4, 0.5) is 0 Å². The first kappa shape index (κ1) is 19.5. The number of ether oxygens (including phenoxy) is 2. The molecule has 0 bridgehead atoms. The number of hydrogen-bond donors (Lipinski definition) is 1. The molecule has 0 aliphatic carbocycles. The number of methoxy groups -OCH3 is 2. The van der Waals surface area contributed by atoms with Gasteiger partial charge in [-0.2, -0.15) is 0 Å². The van der Waals surface area contributed by atoms with Gasteiger partial charge >= 0.3 is 0 Å². The fourth-order valence-corrected chi connectivity index (χ4v) is 3.96. The molecule has 1 aromatic heterocycles. The van der Waals surface area contributed by atoms with Crippen molar-refractivity contribution in [3.05, 3.63) is 94.0 Å². The van der Waals surface area contributed by atoms with E-state index in [9.17, 15) is 10.1 Å². The van der Waals surface area contributed by atoms with Crippen LogP contribution in [0.5, 0.6) is 11.5 Å². The maximum absolute atomic E-state index is 11.7. The number of para-hydroxylation sites is 1. The minimum atomic E-state index is -0.507. The van der Waals surface area contributed by atoms with Crippen LogP contribution < -0.4 is 9.47 Å². The van der Waals surface area contributed by atoms with Gasteiger partial charge in [0.2, 0.25) is 6.54 Å². The van der Waals surface area contributed by atoms with Crippen molar-refractivity contribution in [2.45, 2.75) is 5.92 Å². The van der Waals surface area contributed by atoms with Crippen LogP contribution in [0.3, 0.4) is 0 Å². The molecule has 1 N–H and O–H groups in total. The summed E-state index contributed by atoms with van der Waals surface area (Å²) in [6.07, 6.45) is 0. The summed E-state index contributed by atoms with van der Waals surface area (Å²) < 4.78 is 10.9. The summed E-state index contributed by atoms with van der Waals surface area (Å²) in [7, 11) is 3.14. The number of rotatable bonds is 7. The van der Waals surface area contributed by atoms with E-state index in [0.29, 0.717) is 11.5 Å². The summed E-state index contributed by atoms with van der Waals surface area (Å²) in [6.45, 7) is -0.260. The van der Waals surface area contributed by atoms with Crippen molar-refractivity contribution < 1.29 is 14.4 Å². The number of benzene rings is 3. The summed E-state index contributed by atoms with van der Waals surface area (Å²) >= 11 is 0. The van der Waals surface area contributed by atoms with E-state index in [1.54, 1.807) is 20.3 Å². The summed E-state index contributed by atoms with van der Waals surface area (Å²) in [5.74, 6) is 0.690. The first-order chi connectivity index (χ1) is 14.6. The van der Waals surface area contributed by atoms with Gasteiger partial charge in [0.25, 0.3) is 0 Å². The van der Waals surface area contributed by atoms with E-state index < -0.39 is 5.92 Å². The van der Waals surface area contributed by atoms with Gasteiger partial charge in [-0.25, -0.2) is 0 Å². The summed E-state index contributed by atoms with van der Waals surface area (Å²) in [4.78, 5) is 14.9. The molecule has 0 amide bonds. The van der Waals surface area contributed by atoms with E-state index in [2.05, 4.69) is 4.98 Å². The number of nitrogens with zero attached hydrogens (tertiary/aromatic N) is 1. The maximum Gasteiger partial charge on any atom is 0.214 e. The average Bonchev–Trinajstić information content (AvgIpc) is 3.17. The SMILES string of the molecule is COc1ccc([C@H](C[N+](=O)[O-])c2c(-c3ccccc3)[nH]c3ccccc23)c(OC)c1. The van der Waals surface area contributed by atoms with Crippen molar-refractivity contribution >= 4 is 10.9 Å². The first-order valence-electron chi connectivity index (χ1n) is 9.62. The first-order valence-corrected chi connectivity index (χ1v) is 9.62. The topological polar surface area (TPSA) is 77.4 Å². The lowest BCUT2D eigenvalue weighted by Crippen LogP contribution is -2.15. The number of fused-ring (bicyclic) bond motifs is 1. The minimum absolute atomic E-state index is 0.260. The van der Waals surface area contributed by atoms with Crippen molar-refractivity contribution in [1.82, 2.24) is 4.98 Å². The van der Waals surface area contributed by atoms with Crippen LogP contribution in [0.2, 0.25) is 0 Å². The van der Waals surface area contributed by atoms with Gasteiger partial charge in [0.05, 0.1) is 25.8 Å². The Bertz CT molecular complexity index is 1180. The third kappa shape index (κ3) is 3.59. The fourth-order valence-electron chi connectivity index (χ4n) is 3.96. The van der Waals surface area contributed by atoms with Crippen molar-refractivity contribution in [2.24, 2.45) is 0 Å². The highest BCUT2D eigenvalue weighted by Gasteiger charge is 2.30. The molecule has 6 heteroatoms. The third-order valence-electron chi connectivity index (χ3n) is 5.30. The number of hydrogen-bond acceptors (Lipinski definition) is 4. The normalized spacial score (nSPS) is 11.9. The Balaban J connectivity index is 2.00. The fraction of sp³-hybridized carbons (Fsp3) is 0.167. The smallest absolute Gasteiger partial charge is 0.214 e. The van der Waals surface area contributed by atoms with Crippen molar-refractivity contribution in [3.8, 4) is 22.8 Å². The molecule has 0 spiro atoms. The molecule has 0 saturated carbocycles. The lowest BCUT2D eigenvalue weighted by Gasteiger charge is -2.19. The van der Waals surface area contributed by atoms with Crippen LogP contribution in [-0.4, -0.2) is 30.7 Å². The van der Waals surface area contributed by atoms with Gasteiger partial charge in [0.1, 0.15) is 11.5 Å². The van der Waals surface area contributed by atoms with Crippen LogP contribution in [0.25, 0.3) is 22.2 Å². The van der Waals surface area contributed by atoms with E-state index in [1.165, 1.54) is 0 Å². The van der Waals surface area contributed by atoms with Crippen molar-refractivity contribution in [2.75, 3.05) is 20.8 Å². The van der Waals surface area contributed by atoms with Gasteiger partial charge in [-0.15, -0.1) is 0 Å². The molecule has 6 nitrogen and oxygen atoms in total. The van der Waals surface area contributed by atoms with Crippen LogP contribution >= 0.6 is 0 Å². The summed E-state index contributed by atoms with van der Waals surface area (Å²) in [5.41, 5.74) is 4.42. The summed E-state index contributed by atoms with van der Waals surface area (Å²) in [6, 6.07) is 23.2. The third-order valence-corrected chi connectivity index (χ3v) is 5.30. The Morgan fingerprint density at radius 1 is 0.967 bits per heavy atom. The van der Waals surface area contributed by atoms with E-state index in [4.69, 9.17) is 9.47 Å². The zero-order valence-corrected chi connectivity index (χ0v) is 16.8. The lowest BCUT2D eigenvalue weighted by molar-refractivity contribution is -0.481. The van der Waals surface area contributed by atoms with Crippen LogP contribution in [0.1, 0.15) is 17.0 Å². The molecule has 0 unspecified atom stereocenters. The van der Waals surface area contributed by atoms with Gasteiger partial charge in [-0.3, -0.25) is 10.1 Å². The Kier molecular flexibility index (Phi) is 5.39. The van der Waals surface area contributed by atoms with Crippen molar-refractivity contribution in [3.63, 3.8) is 0 Å². The predicted molar refractivity (Wildman–Crippen MR) is 117 cm³/mol. The van der Waals surface area contributed by atoms with Crippen LogP contribution in [0.15, 0.2) is 72.8 Å². The highest BCUT2D eigenvalue weighted by Crippen LogP contribution is 2.42. The van der Waals surface area contributed by atoms with Gasteiger partial charge in [0, 0.05) is 27.5 Å². The quantitative estimate of drug-likeness (QED) is 0.338. The molecule has 152 valence electrons. The number of H-pyrrole nitrogens is 1. The second kappa shape index (κ2) is 8.29. The van der Waals surface area contributed by atoms with Crippen molar-refractivity contribution in [1.29, 1.82) is 0 Å². The molecule has 0 radical (unpaired) electrons. The molecule has 30 heavy (non-hydrogen) atoms. The molecule has 0 aliphatic rings. The Hall–Kier alpha value is -3.80. The monoisotopic (exact) mass is 402 g/mol. The molecule has 4 rings (SSSR count). The zero-order chi connectivity index (χ0) is 21.1. The molecular formula is C24H22N2O4. The van der Waals surface area contributed by atoms with E-state index in [1.807, 2.05) is 66.7 Å². The second-order valence-electron chi connectivity index (χ2n) is 7.00. The minimum Gasteiger partial charge on any atom is -0.497 e. The predicted octanol–water partition coefficient (Wildman–Crippen LogP) is 5.26. The average molecular weight is 402 g/mol. The molecule has 0 aliphatic heterocycles. The molecule has 0 saturated heterocycles.